The van der Waals surface area contributed by atoms with E-state index in [1.807, 2.05) is 0 Å². The quantitative estimate of drug-likeness (QED) is 0.479. The Balaban J connectivity index is 1.74. The van der Waals surface area contributed by atoms with Gasteiger partial charge in [0.05, 0.1) is 29.9 Å². The average molecular weight is 435 g/mol. The van der Waals surface area contributed by atoms with Crippen molar-refractivity contribution in [1.29, 1.82) is 0 Å². The number of pyridine rings is 2. The summed E-state index contributed by atoms with van der Waals surface area (Å²) in [5.41, 5.74) is 9.35. The topological polar surface area (TPSA) is 43.2 Å². The van der Waals surface area contributed by atoms with Crippen LogP contribution < -0.4 is 0 Å². The van der Waals surface area contributed by atoms with Crippen molar-refractivity contribution in [3.63, 3.8) is 0 Å². The van der Waals surface area contributed by atoms with Crippen molar-refractivity contribution in [3.8, 4) is 11.3 Å². The Hall–Kier alpha value is -2.24. The molecule has 0 spiro atoms. The number of nitrogens with zero attached hydrogens (tertiary/aromatic N) is 4. The van der Waals surface area contributed by atoms with E-state index in [4.69, 9.17) is 14.7 Å². The van der Waals surface area contributed by atoms with Gasteiger partial charge < -0.3 is 9.30 Å². The van der Waals surface area contributed by atoms with Gasteiger partial charge in [0.15, 0.2) is 0 Å². The predicted octanol–water partition coefficient (Wildman–Crippen LogP) is 5.68. The number of aryl methyl sites for hydroxylation is 3. The van der Waals surface area contributed by atoms with Crippen LogP contribution in [0.2, 0.25) is 0 Å². The monoisotopic (exact) mass is 434 g/mol. The van der Waals surface area contributed by atoms with Gasteiger partial charge in [-0.1, -0.05) is 27.7 Å². The highest BCUT2D eigenvalue weighted by molar-refractivity contribution is 5.84. The second kappa shape index (κ2) is 9.72. The summed E-state index contributed by atoms with van der Waals surface area (Å²) in [7, 11) is 0. The van der Waals surface area contributed by atoms with Crippen LogP contribution in [0.15, 0.2) is 24.4 Å². The highest BCUT2D eigenvalue weighted by atomic mass is 16.5. The molecule has 1 aliphatic rings. The first-order valence-electron chi connectivity index (χ1n) is 12.2. The minimum absolute atomic E-state index is 0.430. The Bertz CT molecular complexity index is 1080. The van der Waals surface area contributed by atoms with Gasteiger partial charge in [-0.2, -0.15) is 0 Å². The third kappa shape index (κ3) is 4.46. The normalized spacial score (nSPS) is 16.2. The van der Waals surface area contributed by atoms with E-state index in [1.165, 1.54) is 22.2 Å². The first-order chi connectivity index (χ1) is 15.4. The van der Waals surface area contributed by atoms with E-state index in [1.54, 1.807) is 0 Å². The number of hydrogen-bond acceptors (Lipinski definition) is 4. The lowest BCUT2D eigenvalue weighted by atomic mass is 10.0. The molecule has 1 fully saturated rings. The second-order valence-corrected chi connectivity index (χ2v) is 9.45. The van der Waals surface area contributed by atoms with Crippen LogP contribution in [0.5, 0.6) is 0 Å². The van der Waals surface area contributed by atoms with Crippen LogP contribution >= 0.6 is 0 Å². The van der Waals surface area contributed by atoms with Crippen molar-refractivity contribution in [1.82, 2.24) is 19.4 Å². The van der Waals surface area contributed by atoms with Crippen LogP contribution in [0.3, 0.4) is 0 Å². The minimum atomic E-state index is 0.430. The molecule has 0 N–H and O–H groups in total. The largest absolute Gasteiger partial charge is 0.379 e. The maximum atomic E-state index is 5.54. The van der Waals surface area contributed by atoms with Crippen LogP contribution in [0.1, 0.15) is 68.6 Å². The number of morpholine rings is 1. The third-order valence-corrected chi connectivity index (χ3v) is 6.79. The first-order valence-corrected chi connectivity index (χ1v) is 12.2. The molecular weight excluding hydrogens is 396 g/mol. The van der Waals surface area contributed by atoms with Gasteiger partial charge in [0.25, 0.3) is 0 Å². The fourth-order valence-corrected chi connectivity index (χ4v) is 4.82. The van der Waals surface area contributed by atoms with E-state index in [9.17, 15) is 0 Å². The van der Waals surface area contributed by atoms with Gasteiger partial charge in [0.2, 0.25) is 0 Å². The standard InChI is InChI=1S/C27H38N4O/c1-7-21(17-30-11-13-32-14-12-30)31-16-20(6)27-25(31)15-19(5)26(29-27)22-9-10-24(18(3)4)28-23(22)8-2/h9-10,15-16,18,21H,7-8,11-14,17H2,1-6H3. The predicted molar refractivity (Wildman–Crippen MR) is 132 cm³/mol. The van der Waals surface area contributed by atoms with Crippen LogP contribution in [-0.2, 0) is 11.2 Å². The zero-order chi connectivity index (χ0) is 22.8. The molecule has 3 aromatic heterocycles. The van der Waals surface area contributed by atoms with Gasteiger partial charge in [0.1, 0.15) is 0 Å². The molecule has 4 rings (SSSR count). The summed E-state index contributed by atoms with van der Waals surface area (Å²) in [6.45, 7) is 18.0. The van der Waals surface area contributed by atoms with Crippen molar-refractivity contribution >= 4 is 11.0 Å². The summed E-state index contributed by atoms with van der Waals surface area (Å²) in [5.74, 6) is 0.430. The summed E-state index contributed by atoms with van der Waals surface area (Å²) in [6.07, 6.45) is 4.31. The zero-order valence-electron chi connectivity index (χ0n) is 20.6. The van der Waals surface area contributed by atoms with Gasteiger partial charge in [0, 0.05) is 48.8 Å². The summed E-state index contributed by atoms with van der Waals surface area (Å²) >= 11 is 0. The van der Waals surface area contributed by atoms with Crippen LogP contribution in [-0.4, -0.2) is 52.3 Å². The lowest BCUT2D eigenvalue weighted by Gasteiger charge is -2.31. The highest BCUT2D eigenvalue weighted by Crippen LogP contribution is 2.32. The molecule has 0 saturated carbocycles. The molecule has 0 bridgehead atoms. The molecule has 1 unspecified atom stereocenters. The van der Waals surface area contributed by atoms with Gasteiger partial charge in [-0.05, 0) is 61.9 Å². The summed E-state index contributed by atoms with van der Waals surface area (Å²) in [4.78, 5) is 12.7. The van der Waals surface area contributed by atoms with Crippen molar-refractivity contribution < 1.29 is 4.74 Å². The summed E-state index contributed by atoms with van der Waals surface area (Å²) in [6, 6.07) is 7.16. The Kier molecular flexibility index (Phi) is 6.96. The van der Waals surface area contributed by atoms with E-state index < -0.39 is 0 Å². The Morgan fingerprint density at radius 2 is 1.78 bits per heavy atom. The molecule has 1 aliphatic heterocycles. The van der Waals surface area contributed by atoms with Gasteiger partial charge in [-0.25, -0.2) is 4.98 Å². The number of aromatic nitrogens is 3. The van der Waals surface area contributed by atoms with Crippen molar-refractivity contribution in [2.75, 3.05) is 32.8 Å². The fourth-order valence-electron chi connectivity index (χ4n) is 4.82. The molecule has 3 aromatic rings. The molecule has 0 aliphatic carbocycles. The Labute approximate surface area is 192 Å². The molecule has 0 radical (unpaired) electrons. The lowest BCUT2D eigenvalue weighted by Crippen LogP contribution is -2.39. The molecule has 5 nitrogen and oxygen atoms in total. The Morgan fingerprint density at radius 1 is 1.03 bits per heavy atom. The number of ether oxygens (including phenoxy) is 1. The molecule has 1 atom stereocenters. The number of fused-ring (bicyclic) bond motifs is 1. The molecule has 4 heterocycles. The molecule has 172 valence electrons. The maximum absolute atomic E-state index is 5.54. The molecule has 0 aromatic carbocycles. The SMILES string of the molecule is CCc1nc(C(C)C)ccc1-c1nc2c(C)cn(C(CC)CN3CCOCC3)c2cc1C. The van der Waals surface area contributed by atoms with Crippen LogP contribution in [0.4, 0.5) is 0 Å². The smallest absolute Gasteiger partial charge is 0.0917 e. The number of rotatable bonds is 7. The van der Waals surface area contributed by atoms with Crippen molar-refractivity contribution in [3.05, 3.63) is 46.9 Å². The third-order valence-electron chi connectivity index (χ3n) is 6.79. The summed E-state index contributed by atoms with van der Waals surface area (Å²) < 4.78 is 8.00. The van der Waals surface area contributed by atoms with Crippen molar-refractivity contribution in [2.24, 2.45) is 0 Å². The summed E-state index contributed by atoms with van der Waals surface area (Å²) in [5, 5.41) is 0. The van der Waals surface area contributed by atoms with Crippen LogP contribution in [0, 0.1) is 13.8 Å². The van der Waals surface area contributed by atoms with E-state index >= 15 is 0 Å². The van der Waals surface area contributed by atoms with Gasteiger partial charge >= 0.3 is 0 Å². The zero-order valence-corrected chi connectivity index (χ0v) is 20.6. The van der Waals surface area contributed by atoms with Gasteiger partial charge in [-0.15, -0.1) is 0 Å². The van der Waals surface area contributed by atoms with Crippen molar-refractivity contribution in [2.45, 2.75) is 66.3 Å². The van der Waals surface area contributed by atoms with E-state index in [0.717, 1.165) is 68.3 Å². The molecule has 0 amide bonds. The highest BCUT2D eigenvalue weighted by Gasteiger charge is 2.21. The Morgan fingerprint density at radius 3 is 2.44 bits per heavy atom. The van der Waals surface area contributed by atoms with E-state index in [2.05, 4.69) is 75.4 Å². The number of hydrogen-bond donors (Lipinski definition) is 0. The fraction of sp³-hybridized carbons (Fsp3) is 0.556. The van der Waals surface area contributed by atoms with E-state index in [0.29, 0.717) is 12.0 Å². The van der Waals surface area contributed by atoms with Crippen LogP contribution in [0.25, 0.3) is 22.3 Å². The average Bonchev–Trinajstić information content (AvgIpc) is 3.12. The molecular formula is C27H38N4O. The molecule has 1 saturated heterocycles. The first kappa shape index (κ1) is 22.9. The van der Waals surface area contributed by atoms with Gasteiger partial charge in [-0.3, -0.25) is 9.88 Å². The second-order valence-electron chi connectivity index (χ2n) is 9.45. The lowest BCUT2D eigenvalue weighted by molar-refractivity contribution is 0.0315. The maximum Gasteiger partial charge on any atom is 0.0917 e. The molecule has 5 heteroatoms. The van der Waals surface area contributed by atoms with E-state index in [-0.39, 0.29) is 0 Å². The minimum Gasteiger partial charge on any atom is -0.379 e. The molecule has 32 heavy (non-hydrogen) atoms.